The van der Waals surface area contributed by atoms with E-state index in [1.54, 1.807) is 6.07 Å². The normalized spacial score (nSPS) is 28.3. The van der Waals surface area contributed by atoms with Crippen molar-refractivity contribution in [3.8, 4) is 5.75 Å². The van der Waals surface area contributed by atoms with Crippen LogP contribution in [0.15, 0.2) is 12.1 Å². The Hall–Kier alpha value is -1.16. The molecule has 0 spiro atoms. The molecule has 2 nitrogen and oxygen atoms in total. The molecule has 2 aliphatic carbocycles. The summed E-state index contributed by atoms with van der Waals surface area (Å²) in [5.41, 5.74) is 0.518. The van der Waals surface area contributed by atoms with E-state index in [9.17, 15) is 8.78 Å². The number of ether oxygens (including phenoxy) is 2. The molecule has 0 unspecified atom stereocenters. The Bertz CT molecular complexity index is 603. The maximum atomic E-state index is 14.6. The van der Waals surface area contributed by atoms with Gasteiger partial charge in [0.25, 0.3) is 0 Å². The molecule has 0 aliphatic heterocycles. The first-order chi connectivity index (χ1) is 13.6. The van der Waals surface area contributed by atoms with Crippen LogP contribution in [0.4, 0.5) is 8.78 Å². The fourth-order valence-corrected chi connectivity index (χ4v) is 5.44. The van der Waals surface area contributed by atoms with Crippen LogP contribution in [0.1, 0.15) is 89.0 Å². The topological polar surface area (TPSA) is 18.5 Å². The SMILES string of the molecule is CCCCC1CCC(C2CCC(c3ccc(OCOC)c(F)c3F)CC2)CC1. The van der Waals surface area contributed by atoms with Crippen molar-refractivity contribution < 1.29 is 18.3 Å². The molecule has 2 saturated carbocycles. The summed E-state index contributed by atoms with van der Waals surface area (Å²) in [5.74, 6) is 1.00. The summed E-state index contributed by atoms with van der Waals surface area (Å²) in [5, 5.41) is 0. The van der Waals surface area contributed by atoms with Crippen LogP contribution in [0.3, 0.4) is 0 Å². The summed E-state index contributed by atoms with van der Waals surface area (Å²) in [4.78, 5) is 0. The van der Waals surface area contributed by atoms with Crippen LogP contribution < -0.4 is 4.74 Å². The van der Waals surface area contributed by atoms with E-state index >= 15 is 0 Å². The van der Waals surface area contributed by atoms with Gasteiger partial charge < -0.3 is 9.47 Å². The number of benzene rings is 1. The molecule has 0 amide bonds. The molecule has 2 aliphatic rings. The second-order valence-corrected chi connectivity index (χ2v) is 8.87. The second kappa shape index (κ2) is 10.6. The largest absolute Gasteiger partial charge is 0.464 e. The summed E-state index contributed by atoms with van der Waals surface area (Å²) in [6.07, 6.45) is 13.9. The monoisotopic (exact) mass is 394 g/mol. The van der Waals surface area contributed by atoms with Gasteiger partial charge in [-0.15, -0.1) is 0 Å². The van der Waals surface area contributed by atoms with Gasteiger partial charge in [0.1, 0.15) is 0 Å². The van der Waals surface area contributed by atoms with Gasteiger partial charge in [0.2, 0.25) is 5.82 Å². The fourth-order valence-electron chi connectivity index (χ4n) is 5.44. The highest BCUT2D eigenvalue weighted by atomic mass is 19.2. The molecule has 0 aromatic heterocycles. The lowest BCUT2D eigenvalue weighted by atomic mass is 9.68. The third-order valence-corrected chi connectivity index (χ3v) is 7.14. The van der Waals surface area contributed by atoms with E-state index in [0.29, 0.717) is 5.56 Å². The van der Waals surface area contributed by atoms with E-state index in [2.05, 4.69) is 6.92 Å². The summed E-state index contributed by atoms with van der Waals surface area (Å²) in [6.45, 7) is 2.19. The first-order valence-corrected chi connectivity index (χ1v) is 11.2. The van der Waals surface area contributed by atoms with Crippen molar-refractivity contribution in [2.75, 3.05) is 13.9 Å². The highest BCUT2D eigenvalue weighted by Crippen LogP contribution is 2.45. The molecular weight excluding hydrogens is 358 g/mol. The minimum Gasteiger partial charge on any atom is -0.464 e. The minimum atomic E-state index is -0.887. The number of hydrogen-bond donors (Lipinski definition) is 0. The Morgan fingerprint density at radius 1 is 0.893 bits per heavy atom. The summed E-state index contributed by atoms with van der Waals surface area (Å²) < 4.78 is 38.7. The van der Waals surface area contributed by atoms with Gasteiger partial charge in [-0.3, -0.25) is 0 Å². The zero-order valence-corrected chi connectivity index (χ0v) is 17.5. The Morgan fingerprint density at radius 3 is 2.14 bits per heavy atom. The van der Waals surface area contributed by atoms with E-state index < -0.39 is 11.6 Å². The molecular formula is C24H36F2O2. The molecule has 2 fully saturated rings. The van der Waals surface area contributed by atoms with Crippen LogP contribution in [-0.2, 0) is 4.74 Å². The highest BCUT2D eigenvalue weighted by molar-refractivity contribution is 5.33. The van der Waals surface area contributed by atoms with Crippen LogP contribution >= 0.6 is 0 Å². The average Bonchev–Trinajstić information content (AvgIpc) is 2.74. The number of hydrogen-bond acceptors (Lipinski definition) is 2. The number of rotatable bonds is 8. The number of methoxy groups -OCH3 is 1. The Morgan fingerprint density at radius 2 is 1.54 bits per heavy atom. The highest BCUT2D eigenvalue weighted by Gasteiger charge is 2.32. The van der Waals surface area contributed by atoms with Crippen LogP contribution in [-0.4, -0.2) is 13.9 Å². The van der Waals surface area contributed by atoms with Crippen LogP contribution in [0.2, 0.25) is 0 Å². The lowest BCUT2D eigenvalue weighted by molar-refractivity contribution is 0.0477. The van der Waals surface area contributed by atoms with Gasteiger partial charge >= 0.3 is 0 Å². The Kier molecular flexibility index (Phi) is 8.13. The second-order valence-electron chi connectivity index (χ2n) is 8.87. The van der Waals surface area contributed by atoms with E-state index in [4.69, 9.17) is 9.47 Å². The van der Waals surface area contributed by atoms with Gasteiger partial charge in [0.05, 0.1) is 0 Å². The maximum absolute atomic E-state index is 14.6. The maximum Gasteiger partial charge on any atom is 0.201 e. The van der Waals surface area contributed by atoms with Crippen molar-refractivity contribution in [1.29, 1.82) is 0 Å². The molecule has 0 bridgehead atoms. The van der Waals surface area contributed by atoms with Crippen molar-refractivity contribution in [2.45, 2.75) is 83.5 Å². The van der Waals surface area contributed by atoms with Crippen molar-refractivity contribution in [2.24, 2.45) is 17.8 Å². The van der Waals surface area contributed by atoms with Gasteiger partial charge in [-0.25, -0.2) is 4.39 Å². The lowest BCUT2D eigenvalue weighted by Gasteiger charge is -2.38. The molecule has 1 aromatic carbocycles. The first-order valence-electron chi connectivity index (χ1n) is 11.2. The lowest BCUT2D eigenvalue weighted by Crippen LogP contribution is -2.25. The molecule has 0 saturated heterocycles. The molecule has 0 radical (unpaired) electrons. The Labute approximate surface area is 169 Å². The van der Waals surface area contributed by atoms with Gasteiger partial charge in [-0.1, -0.05) is 45.1 Å². The quantitative estimate of drug-likeness (QED) is 0.433. The molecule has 158 valence electrons. The van der Waals surface area contributed by atoms with Crippen LogP contribution in [0.25, 0.3) is 0 Å². The van der Waals surface area contributed by atoms with Gasteiger partial charge in [0, 0.05) is 7.11 Å². The zero-order valence-electron chi connectivity index (χ0n) is 17.5. The molecule has 28 heavy (non-hydrogen) atoms. The predicted molar refractivity (Wildman–Crippen MR) is 109 cm³/mol. The van der Waals surface area contributed by atoms with E-state index in [0.717, 1.165) is 43.4 Å². The van der Waals surface area contributed by atoms with Crippen molar-refractivity contribution >= 4 is 0 Å². The zero-order chi connectivity index (χ0) is 19.9. The van der Waals surface area contributed by atoms with Crippen molar-refractivity contribution in [3.63, 3.8) is 0 Å². The summed E-state index contributed by atoms with van der Waals surface area (Å²) in [7, 11) is 1.46. The number of halogens is 2. The third-order valence-electron chi connectivity index (χ3n) is 7.14. The van der Waals surface area contributed by atoms with E-state index in [1.807, 2.05) is 0 Å². The summed E-state index contributed by atoms with van der Waals surface area (Å²) in [6, 6.07) is 3.24. The Balaban J connectivity index is 1.51. The molecule has 1 aromatic rings. The molecule has 0 N–H and O–H groups in total. The van der Waals surface area contributed by atoms with E-state index in [1.165, 1.54) is 58.1 Å². The molecule has 0 heterocycles. The molecule has 0 atom stereocenters. The molecule has 4 heteroatoms. The van der Waals surface area contributed by atoms with Crippen LogP contribution in [0.5, 0.6) is 5.75 Å². The van der Waals surface area contributed by atoms with Gasteiger partial charge in [-0.05, 0) is 73.8 Å². The fraction of sp³-hybridized carbons (Fsp3) is 0.750. The van der Waals surface area contributed by atoms with Gasteiger partial charge in [0.15, 0.2) is 18.4 Å². The number of unbranched alkanes of at least 4 members (excludes halogenated alkanes) is 1. The predicted octanol–water partition coefficient (Wildman–Crippen LogP) is 7.22. The first kappa shape index (κ1) is 21.5. The van der Waals surface area contributed by atoms with E-state index in [-0.39, 0.29) is 18.5 Å². The van der Waals surface area contributed by atoms with Crippen molar-refractivity contribution in [1.82, 2.24) is 0 Å². The average molecular weight is 395 g/mol. The summed E-state index contributed by atoms with van der Waals surface area (Å²) >= 11 is 0. The molecule has 3 rings (SSSR count). The van der Waals surface area contributed by atoms with Gasteiger partial charge in [-0.2, -0.15) is 4.39 Å². The third kappa shape index (κ3) is 5.25. The standard InChI is InChI=1S/C24H36F2O2/c1-3-4-5-17-6-8-18(9-7-17)19-10-12-20(13-11-19)21-14-15-22(28-16-27-2)24(26)23(21)25/h14-15,17-20H,3-13,16H2,1-2H3. The van der Waals surface area contributed by atoms with Crippen LogP contribution in [0, 0.1) is 29.4 Å². The van der Waals surface area contributed by atoms with Crippen molar-refractivity contribution in [3.05, 3.63) is 29.3 Å². The smallest absolute Gasteiger partial charge is 0.201 e. The minimum absolute atomic E-state index is 0.0726.